The van der Waals surface area contributed by atoms with Crippen molar-refractivity contribution in [1.82, 2.24) is 0 Å². The fourth-order valence-corrected chi connectivity index (χ4v) is 8.95. The van der Waals surface area contributed by atoms with Crippen LogP contribution in [0.4, 0.5) is 34.1 Å². The zero-order chi connectivity index (χ0) is 37.9. The summed E-state index contributed by atoms with van der Waals surface area (Å²) in [5.74, 6) is 0. The van der Waals surface area contributed by atoms with Crippen molar-refractivity contribution in [2.75, 3.05) is 9.80 Å². The molecule has 0 aliphatic carbocycles. The van der Waals surface area contributed by atoms with Gasteiger partial charge >= 0.3 is 0 Å². The maximum Gasteiger partial charge on any atom is 0.0476 e. The van der Waals surface area contributed by atoms with E-state index in [2.05, 4.69) is 221 Å². The third kappa shape index (κ3) is 6.64. The first-order chi connectivity index (χ1) is 26.5. The van der Waals surface area contributed by atoms with Gasteiger partial charge in [-0.15, -0.1) is 11.3 Å². The van der Waals surface area contributed by atoms with Crippen molar-refractivity contribution in [1.29, 1.82) is 0 Å². The molecule has 0 amide bonds. The summed E-state index contributed by atoms with van der Waals surface area (Å²) in [4.78, 5) is 4.80. The number of hydrogen-bond acceptors (Lipinski definition) is 3. The molecule has 9 aromatic rings. The highest BCUT2D eigenvalue weighted by Gasteiger charge is 2.20. The largest absolute Gasteiger partial charge is 0.310 e. The number of benzene rings is 8. The van der Waals surface area contributed by atoms with Gasteiger partial charge < -0.3 is 9.80 Å². The van der Waals surface area contributed by atoms with Crippen molar-refractivity contribution >= 4 is 87.2 Å². The lowest BCUT2D eigenvalue weighted by molar-refractivity contribution is 0.590. The second-order valence-electron chi connectivity index (χ2n) is 16.8. The molecule has 8 aromatic carbocycles. The third-order valence-corrected chi connectivity index (χ3v) is 12.0. The van der Waals surface area contributed by atoms with E-state index in [1.807, 2.05) is 11.3 Å². The van der Waals surface area contributed by atoms with E-state index < -0.39 is 0 Å². The Kier molecular flexibility index (Phi) is 8.51. The van der Waals surface area contributed by atoms with Gasteiger partial charge in [0.25, 0.3) is 0 Å². The third-order valence-electron chi connectivity index (χ3n) is 10.9. The Balaban J connectivity index is 1.16. The molecule has 1 heterocycles. The molecular formula is C52H46N2S. The molecule has 0 N–H and O–H groups in total. The fraction of sp³-hybridized carbons (Fsp3) is 0.154. The van der Waals surface area contributed by atoms with E-state index >= 15 is 0 Å². The molecule has 0 aliphatic heterocycles. The second kappa shape index (κ2) is 13.4. The number of thiophene rings is 1. The minimum Gasteiger partial charge on any atom is -0.310 e. The van der Waals surface area contributed by atoms with E-state index in [1.165, 1.54) is 52.8 Å². The van der Waals surface area contributed by atoms with Gasteiger partial charge in [-0.05, 0) is 116 Å². The van der Waals surface area contributed by atoms with Crippen molar-refractivity contribution in [3.05, 3.63) is 181 Å². The summed E-state index contributed by atoms with van der Waals surface area (Å²) in [6.07, 6.45) is 0. The Morgan fingerprint density at radius 3 is 1.04 bits per heavy atom. The van der Waals surface area contributed by atoms with E-state index in [0.29, 0.717) is 0 Å². The molecule has 0 bridgehead atoms. The summed E-state index contributed by atoms with van der Waals surface area (Å²) in [6, 6.07) is 62.9. The predicted octanol–water partition coefficient (Wildman–Crippen LogP) is 15.9. The Labute approximate surface area is 328 Å². The van der Waals surface area contributed by atoms with Crippen LogP contribution in [0.5, 0.6) is 0 Å². The summed E-state index contributed by atoms with van der Waals surface area (Å²) >= 11 is 1.87. The lowest BCUT2D eigenvalue weighted by Crippen LogP contribution is -2.13. The SMILES string of the molecule is CC(C)(C)c1ccc(N(c2ccc3ccccc3c2)c2ccc3c(c2)sc2cc(N(c4ccc(C(C)(C)C)cc4)c4ccc5ccccc5c4)ccc23)cc1. The minimum atomic E-state index is 0.0842. The zero-order valence-corrected chi connectivity index (χ0v) is 33.3. The summed E-state index contributed by atoms with van der Waals surface area (Å²) < 4.78 is 2.54. The van der Waals surface area contributed by atoms with Crippen LogP contribution in [-0.2, 0) is 10.8 Å². The highest BCUT2D eigenvalue weighted by molar-refractivity contribution is 7.25. The molecule has 0 aliphatic rings. The second-order valence-corrected chi connectivity index (χ2v) is 17.9. The number of nitrogens with zero attached hydrogens (tertiary/aromatic N) is 2. The summed E-state index contributed by atoms with van der Waals surface area (Å²) in [7, 11) is 0. The molecule has 0 unspecified atom stereocenters. The topological polar surface area (TPSA) is 6.48 Å². The molecule has 0 radical (unpaired) electrons. The average molecular weight is 731 g/mol. The van der Waals surface area contributed by atoms with Gasteiger partial charge in [0.05, 0.1) is 0 Å². The summed E-state index contributed by atoms with van der Waals surface area (Å²) in [5.41, 5.74) is 9.71. The molecule has 55 heavy (non-hydrogen) atoms. The van der Waals surface area contributed by atoms with Crippen LogP contribution in [0.25, 0.3) is 41.7 Å². The Morgan fingerprint density at radius 2 is 0.655 bits per heavy atom. The Hall–Kier alpha value is -5.90. The van der Waals surface area contributed by atoms with E-state index in [1.54, 1.807) is 0 Å². The minimum absolute atomic E-state index is 0.0842. The summed E-state index contributed by atoms with van der Waals surface area (Å²) in [5, 5.41) is 7.51. The normalized spacial score (nSPS) is 12.2. The molecule has 0 saturated heterocycles. The molecule has 270 valence electrons. The van der Waals surface area contributed by atoms with Gasteiger partial charge in [0.2, 0.25) is 0 Å². The van der Waals surface area contributed by atoms with Gasteiger partial charge in [-0.25, -0.2) is 0 Å². The van der Waals surface area contributed by atoms with Crippen molar-refractivity contribution in [2.24, 2.45) is 0 Å². The van der Waals surface area contributed by atoms with Gasteiger partial charge in [-0.2, -0.15) is 0 Å². The average Bonchev–Trinajstić information content (AvgIpc) is 3.55. The van der Waals surface area contributed by atoms with Crippen molar-refractivity contribution < 1.29 is 0 Å². The number of anilines is 6. The lowest BCUT2D eigenvalue weighted by Gasteiger charge is -2.27. The monoisotopic (exact) mass is 730 g/mol. The molecular weight excluding hydrogens is 685 g/mol. The van der Waals surface area contributed by atoms with Gasteiger partial charge in [-0.1, -0.05) is 139 Å². The highest BCUT2D eigenvalue weighted by atomic mass is 32.1. The lowest BCUT2D eigenvalue weighted by atomic mass is 9.87. The van der Waals surface area contributed by atoms with Gasteiger partial charge in [0.15, 0.2) is 0 Å². The molecule has 9 rings (SSSR count). The first-order valence-corrected chi connectivity index (χ1v) is 20.1. The van der Waals surface area contributed by atoms with E-state index in [9.17, 15) is 0 Å². The van der Waals surface area contributed by atoms with Crippen LogP contribution in [0.1, 0.15) is 52.7 Å². The summed E-state index contributed by atoms with van der Waals surface area (Å²) in [6.45, 7) is 13.6. The van der Waals surface area contributed by atoms with Crippen molar-refractivity contribution in [3.63, 3.8) is 0 Å². The molecule has 1 aromatic heterocycles. The fourth-order valence-electron chi connectivity index (χ4n) is 7.78. The number of hydrogen-bond donors (Lipinski definition) is 0. The quantitative estimate of drug-likeness (QED) is 0.168. The van der Waals surface area contributed by atoms with Gasteiger partial charge in [0, 0.05) is 54.3 Å². The van der Waals surface area contributed by atoms with Crippen molar-refractivity contribution in [3.8, 4) is 0 Å². The molecule has 0 saturated carbocycles. The van der Waals surface area contributed by atoms with E-state index in [4.69, 9.17) is 0 Å². The van der Waals surface area contributed by atoms with Crippen molar-refractivity contribution in [2.45, 2.75) is 52.4 Å². The first kappa shape index (κ1) is 34.8. The molecule has 0 fully saturated rings. The smallest absolute Gasteiger partial charge is 0.0476 e. The maximum atomic E-state index is 2.40. The standard InChI is InChI=1S/C52H46N2S/c1-51(2,3)39-17-23-41(24-18-39)53(43-21-15-35-11-7-9-13-37(35)31-43)45-27-29-47-48-30-28-46(34-50(48)55-49(47)33-45)54(42-25-19-40(20-26-42)52(4,5)6)44-22-16-36-12-8-10-14-38(36)32-44/h7-34H,1-6H3. The van der Waals surface area contributed by atoms with E-state index in [-0.39, 0.29) is 10.8 Å². The Morgan fingerprint density at radius 1 is 0.327 bits per heavy atom. The van der Waals surface area contributed by atoms with Gasteiger partial charge in [-0.3, -0.25) is 0 Å². The van der Waals surface area contributed by atoms with Crippen LogP contribution in [0.2, 0.25) is 0 Å². The highest BCUT2D eigenvalue weighted by Crippen LogP contribution is 2.44. The molecule has 0 spiro atoms. The molecule has 3 heteroatoms. The van der Waals surface area contributed by atoms with Crippen LogP contribution in [0.15, 0.2) is 170 Å². The Bertz CT molecular complexity index is 2640. The van der Waals surface area contributed by atoms with Crippen LogP contribution in [-0.4, -0.2) is 0 Å². The maximum absolute atomic E-state index is 2.40. The zero-order valence-electron chi connectivity index (χ0n) is 32.5. The first-order valence-electron chi connectivity index (χ1n) is 19.2. The van der Waals surface area contributed by atoms with Gasteiger partial charge in [0.1, 0.15) is 0 Å². The van der Waals surface area contributed by atoms with E-state index in [0.717, 1.165) is 34.1 Å². The molecule has 0 atom stereocenters. The van der Waals surface area contributed by atoms with Crippen LogP contribution in [0, 0.1) is 0 Å². The molecule has 2 nitrogen and oxygen atoms in total. The number of fused-ring (bicyclic) bond motifs is 5. The van der Waals surface area contributed by atoms with Crippen LogP contribution in [0.3, 0.4) is 0 Å². The van der Waals surface area contributed by atoms with Crippen LogP contribution >= 0.6 is 11.3 Å². The number of rotatable bonds is 6. The predicted molar refractivity (Wildman–Crippen MR) is 241 cm³/mol. The van der Waals surface area contributed by atoms with Crippen LogP contribution < -0.4 is 9.80 Å².